The van der Waals surface area contributed by atoms with Crippen molar-refractivity contribution in [3.8, 4) is 0 Å². The van der Waals surface area contributed by atoms with Gasteiger partial charge in [-0.05, 0) is 52.1 Å². The molecule has 1 aromatic rings. The lowest BCUT2D eigenvalue weighted by molar-refractivity contribution is 0.203. The second-order valence-corrected chi connectivity index (χ2v) is 8.70. The van der Waals surface area contributed by atoms with Gasteiger partial charge in [-0.25, -0.2) is 0 Å². The van der Waals surface area contributed by atoms with E-state index in [1.807, 2.05) is 7.05 Å². The number of rotatable bonds is 9. The van der Waals surface area contributed by atoms with Crippen molar-refractivity contribution in [2.24, 2.45) is 4.99 Å². The monoisotopic (exact) mass is 387 g/mol. The number of unbranched alkanes of at least 4 members (excludes halogenated alkanes) is 1. The fraction of sp³-hybridized carbons (Fsp3) is 0.696. The van der Waals surface area contributed by atoms with E-state index in [9.17, 15) is 0 Å². The van der Waals surface area contributed by atoms with Crippen LogP contribution in [0.15, 0.2) is 35.3 Å². The van der Waals surface area contributed by atoms with E-state index in [1.54, 1.807) is 0 Å². The van der Waals surface area contributed by atoms with Crippen molar-refractivity contribution < 1.29 is 0 Å². The SMILES string of the molecule is CCCCN1CCC(NC(=NC)NCC(C)(C)NC(C)c2ccccc2)CC1. The zero-order chi connectivity index (χ0) is 20.4. The highest BCUT2D eigenvalue weighted by molar-refractivity contribution is 5.80. The topological polar surface area (TPSA) is 51.7 Å². The van der Waals surface area contributed by atoms with Gasteiger partial charge in [-0.15, -0.1) is 0 Å². The number of hydrogen-bond donors (Lipinski definition) is 3. The summed E-state index contributed by atoms with van der Waals surface area (Å²) in [5, 5.41) is 10.9. The average Bonchev–Trinajstić information content (AvgIpc) is 2.70. The van der Waals surface area contributed by atoms with E-state index in [0.717, 1.165) is 12.5 Å². The molecule has 1 aliphatic heterocycles. The van der Waals surface area contributed by atoms with Crippen LogP contribution in [0, 0.1) is 0 Å². The molecule has 1 aliphatic rings. The summed E-state index contributed by atoms with van der Waals surface area (Å²) in [6.45, 7) is 13.4. The number of benzene rings is 1. The van der Waals surface area contributed by atoms with Crippen LogP contribution in [-0.4, -0.2) is 55.7 Å². The van der Waals surface area contributed by atoms with Crippen LogP contribution < -0.4 is 16.0 Å². The minimum absolute atomic E-state index is 0.0452. The van der Waals surface area contributed by atoms with Crippen LogP contribution in [0.5, 0.6) is 0 Å². The number of likely N-dealkylation sites (tertiary alicyclic amines) is 1. The number of nitrogens with one attached hydrogen (secondary N) is 3. The first kappa shape index (κ1) is 22.7. The molecule has 1 saturated heterocycles. The Balaban J connectivity index is 1.75. The molecule has 0 aromatic heterocycles. The van der Waals surface area contributed by atoms with Gasteiger partial charge in [0.15, 0.2) is 5.96 Å². The predicted molar refractivity (Wildman–Crippen MR) is 121 cm³/mol. The molecule has 158 valence electrons. The molecule has 0 amide bonds. The maximum absolute atomic E-state index is 4.44. The molecule has 0 saturated carbocycles. The standard InChI is InChI=1S/C23H41N5/c1-6-7-15-28-16-13-21(14-17-28)26-22(24-5)25-18-23(3,4)27-19(2)20-11-9-8-10-12-20/h8-12,19,21,27H,6-7,13-18H2,1-5H3,(H2,24,25,26). The molecule has 1 atom stereocenters. The summed E-state index contributed by atoms with van der Waals surface area (Å²) in [7, 11) is 1.86. The quantitative estimate of drug-likeness (QED) is 0.448. The number of aliphatic imine (C=N–C) groups is 1. The molecule has 3 N–H and O–H groups in total. The molecule has 0 radical (unpaired) electrons. The maximum Gasteiger partial charge on any atom is 0.191 e. The molecule has 0 bridgehead atoms. The summed E-state index contributed by atoms with van der Waals surface area (Å²) in [4.78, 5) is 7.04. The van der Waals surface area contributed by atoms with Gasteiger partial charge in [0.1, 0.15) is 0 Å². The van der Waals surface area contributed by atoms with E-state index in [1.165, 1.54) is 50.9 Å². The van der Waals surface area contributed by atoms with E-state index in [2.05, 4.69) is 83.9 Å². The summed E-state index contributed by atoms with van der Waals surface area (Å²) in [5.74, 6) is 0.911. The molecular formula is C23H41N5. The van der Waals surface area contributed by atoms with Gasteiger partial charge >= 0.3 is 0 Å². The lowest BCUT2D eigenvalue weighted by Crippen LogP contribution is -2.54. The van der Waals surface area contributed by atoms with E-state index >= 15 is 0 Å². The lowest BCUT2D eigenvalue weighted by Gasteiger charge is -2.34. The number of hydrogen-bond acceptors (Lipinski definition) is 3. The van der Waals surface area contributed by atoms with Gasteiger partial charge in [-0.1, -0.05) is 43.7 Å². The van der Waals surface area contributed by atoms with Crippen molar-refractivity contribution in [1.82, 2.24) is 20.9 Å². The minimum Gasteiger partial charge on any atom is -0.355 e. The van der Waals surface area contributed by atoms with Crippen molar-refractivity contribution in [2.75, 3.05) is 33.2 Å². The van der Waals surface area contributed by atoms with Crippen LogP contribution >= 0.6 is 0 Å². The van der Waals surface area contributed by atoms with Crippen molar-refractivity contribution in [3.05, 3.63) is 35.9 Å². The first-order valence-corrected chi connectivity index (χ1v) is 11.0. The van der Waals surface area contributed by atoms with Crippen molar-refractivity contribution in [2.45, 2.75) is 71.0 Å². The summed E-state index contributed by atoms with van der Waals surface area (Å²) in [6.07, 6.45) is 4.97. The molecule has 1 unspecified atom stereocenters. The molecule has 5 nitrogen and oxygen atoms in total. The van der Waals surface area contributed by atoms with Gasteiger partial charge in [0, 0.05) is 44.3 Å². The van der Waals surface area contributed by atoms with Gasteiger partial charge in [-0.3, -0.25) is 4.99 Å². The van der Waals surface area contributed by atoms with Crippen LogP contribution in [0.2, 0.25) is 0 Å². The van der Waals surface area contributed by atoms with Gasteiger partial charge < -0.3 is 20.9 Å². The molecule has 5 heteroatoms. The Morgan fingerprint density at radius 1 is 1.21 bits per heavy atom. The van der Waals surface area contributed by atoms with Crippen molar-refractivity contribution >= 4 is 5.96 Å². The Bertz CT molecular complexity index is 576. The Morgan fingerprint density at radius 3 is 2.50 bits per heavy atom. The Hall–Kier alpha value is -1.59. The molecule has 28 heavy (non-hydrogen) atoms. The molecule has 2 rings (SSSR count). The molecule has 1 heterocycles. The molecule has 0 spiro atoms. The zero-order valence-electron chi connectivity index (χ0n) is 18.6. The normalized spacial score (nSPS) is 18.1. The molecule has 1 aromatic carbocycles. The third-order valence-corrected chi connectivity index (χ3v) is 5.58. The fourth-order valence-corrected chi connectivity index (χ4v) is 3.84. The number of piperidine rings is 1. The first-order chi connectivity index (χ1) is 13.4. The van der Waals surface area contributed by atoms with E-state index in [4.69, 9.17) is 0 Å². The van der Waals surface area contributed by atoms with Gasteiger partial charge in [0.25, 0.3) is 0 Å². The third-order valence-electron chi connectivity index (χ3n) is 5.58. The highest BCUT2D eigenvalue weighted by atomic mass is 15.2. The lowest BCUT2D eigenvalue weighted by atomic mass is 10.0. The smallest absolute Gasteiger partial charge is 0.191 e. The van der Waals surface area contributed by atoms with Crippen LogP contribution in [0.3, 0.4) is 0 Å². The van der Waals surface area contributed by atoms with Crippen LogP contribution in [0.25, 0.3) is 0 Å². The number of guanidine groups is 1. The number of nitrogens with zero attached hydrogens (tertiary/aromatic N) is 2. The molecular weight excluding hydrogens is 346 g/mol. The largest absolute Gasteiger partial charge is 0.355 e. The van der Waals surface area contributed by atoms with Crippen LogP contribution in [-0.2, 0) is 0 Å². The van der Waals surface area contributed by atoms with Gasteiger partial charge in [0.2, 0.25) is 0 Å². The summed E-state index contributed by atoms with van der Waals surface area (Å²) < 4.78 is 0. The van der Waals surface area contributed by atoms with Crippen molar-refractivity contribution in [1.29, 1.82) is 0 Å². The van der Waals surface area contributed by atoms with Gasteiger partial charge in [0.05, 0.1) is 0 Å². The Labute approximate surface area is 172 Å². The van der Waals surface area contributed by atoms with Crippen molar-refractivity contribution in [3.63, 3.8) is 0 Å². The average molecular weight is 388 g/mol. The van der Waals surface area contributed by atoms with E-state index in [0.29, 0.717) is 12.1 Å². The summed E-state index contributed by atoms with van der Waals surface area (Å²) in [5.41, 5.74) is 1.27. The molecule has 1 fully saturated rings. The second-order valence-electron chi connectivity index (χ2n) is 8.70. The van der Waals surface area contributed by atoms with Crippen LogP contribution in [0.1, 0.15) is 65.0 Å². The van der Waals surface area contributed by atoms with E-state index < -0.39 is 0 Å². The third kappa shape index (κ3) is 7.80. The summed E-state index contributed by atoms with van der Waals surface area (Å²) >= 11 is 0. The minimum atomic E-state index is -0.0452. The highest BCUT2D eigenvalue weighted by Crippen LogP contribution is 2.16. The highest BCUT2D eigenvalue weighted by Gasteiger charge is 2.23. The predicted octanol–water partition coefficient (Wildman–Crippen LogP) is 3.55. The second kappa shape index (κ2) is 11.4. The Kier molecular flexibility index (Phi) is 9.26. The van der Waals surface area contributed by atoms with Crippen LogP contribution in [0.4, 0.5) is 0 Å². The first-order valence-electron chi connectivity index (χ1n) is 11.0. The zero-order valence-corrected chi connectivity index (χ0v) is 18.6. The van der Waals surface area contributed by atoms with E-state index in [-0.39, 0.29) is 5.54 Å². The Morgan fingerprint density at radius 2 is 1.89 bits per heavy atom. The van der Waals surface area contributed by atoms with Gasteiger partial charge in [-0.2, -0.15) is 0 Å². The maximum atomic E-state index is 4.44. The molecule has 0 aliphatic carbocycles. The fourth-order valence-electron chi connectivity index (χ4n) is 3.84. The summed E-state index contributed by atoms with van der Waals surface area (Å²) in [6, 6.07) is 11.4.